The van der Waals surface area contributed by atoms with Gasteiger partial charge in [0, 0.05) is 16.6 Å². The lowest BCUT2D eigenvalue weighted by molar-refractivity contribution is -0.150. The first-order valence-corrected chi connectivity index (χ1v) is 10.3. The van der Waals surface area contributed by atoms with Crippen molar-refractivity contribution < 1.29 is 19.8 Å². The summed E-state index contributed by atoms with van der Waals surface area (Å²) in [6, 6.07) is 10.1. The molecule has 26 heavy (non-hydrogen) atoms. The van der Waals surface area contributed by atoms with Crippen molar-refractivity contribution in [1.29, 1.82) is 0 Å². The number of thioether (sulfide) groups is 1. The van der Waals surface area contributed by atoms with Crippen molar-refractivity contribution in [1.82, 2.24) is 0 Å². The average molecular weight is 378 g/mol. The SMILES string of the molecule is CCC1C(SCCc2ccccc2)C2C(C(=O)O)C2(CC)C1(N)C(=O)O. The zero-order valence-electron chi connectivity index (χ0n) is 15.2. The number of carbonyl (C=O) groups is 2. The minimum absolute atomic E-state index is 0.0223. The van der Waals surface area contributed by atoms with E-state index >= 15 is 0 Å². The van der Waals surface area contributed by atoms with Gasteiger partial charge in [-0.2, -0.15) is 11.8 Å². The molecular formula is C20H27NO4S. The van der Waals surface area contributed by atoms with Crippen molar-refractivity contribution in [3.05, 3.63) is 35.9 Å². The normalized spacial score (nSPS) is 38.0. The second-order valence-corrected chi connectivity index (χ2v) is 8.78. The van der Waals surface area contributed by atoms with E-state index in [0.29, 0.717) is 12.8 Å². The summed E-state index contributed by atoms with van der Waals surface area (Å²) in [6.45, 7) is 3.84. The molecule has 0 radical (unpaired) electrons. The third-order valence-corrected chi connectivity index (χ3v) is 8.14. The molecule has 0 aliphatic heterocycles. The maximum absolute atomic E-state index is 12.2. The van der Waals surface area contributed by atoms with Gasteiger partial charge in [0.15, 0.2) is 0 Å². The van der Waals surface area contributed by atoms with Crippen molar-refractivity contribution in [3.8, 4) is 0 Å². The predicted molar refractivity (Wildman–Crippen MR) is 102 cm³/mol. The standard InChI is InChI=1S/C20H27NO4S/c1-3-13-16(26-11-10-12-8-6-5-7-9-12)14-15(17(22)23)19(14,4-2)20(13,21)18(24)25/h5-9,13-16H,3-4,10-11,21H2,1-2H3,(H,22,23)(H,24,25). The van der Waals surface area contributed by atoms with Crippen LogP contribution in [-0.4, -0.2) is 38.7 Å². The topological polar surface area (TPSA) is 101 Å². The molecule has 0 spiro atoms. The minimum Gasteiger partial charge on any atom is -0.481 e. The maximum Gasteiger partial charge on any atom is 0.324 e. The number of fused-ring (bicyclic) bond motifs is 1. The van der Waals surface area contributed by atoms with Crippen LogP contribution < -0.4 is 5.73 Å². The molecule has 1 aromatic carbocycles. The highest BCUT2D eigenvalue weighted by molar-refractivity contribution is 7.99. The van der Waals surface area contributed by atoms with Crippen LogP contribution in [0.25, 0.3) is 0 Å². The van der Waals surface area contributed by atoms with Gasteiger partial charge in [0.05, 0.1) is 5.92 Å². The van der Waals surface area contributed by atoms with E-state index in [9.17, 15) is 19.8 Å². The van der Waals surface area contributed by atoms with Crippen molar-refractivity contribution >= 4 is 23.7 Å². The summed E-state index contributed by atoms with van der Waals surface area (Å²) in [5, 5.41) is 19.6. The molecule has 0 amide bonds. The number of nitrogens with two attached hydrogens (primary N) is 1. The fourth-order valence-corrected chi connectivity index (χ4v) is 7.42. The van der Waals surface area contributed by atoms with Gasteiger partial charge in [-0.1, -0.05) is 44.2 Å². The van der Waals surface area contributed by atoms with Crippen LogP contribution in [0.15, 0.2) is 30.3 Å². The van der Waals surface area contributed by atoms with Crippen LogP contribution in [0.1, 0.15) is 32.3 Å². The zero-order chi connectivity index (χ0) is 19.1. The van der Waals surface area contributed by atoms with Gasteiger partial charge in [-0.05, 0) is 36.5 Å². The van der Waals surface area contributed by atoms with Gasteiger partial charge >= 0.3 is 11.9 Å². The quantitative estimate of drug-likeness (QED) is 0.644. The molecule has 2 saturated carbocycles. The third-order valence-electron chi connectivity index (χ3n) is 6.69. The van der Waals surface area contributed by atoms with E-state index in [4.69, 9.17) is 5.73 Å². The minimum atomic E-state index is -1.46. The molecule has 0 aromatic heterocycles. The van der Waals surface area contributed by atoms with Crippen molar-refractivity contribution in [2.75, 3.05) is 5.75 Å². The predicted octanol–water partition coefficient (Wildman–Crippen LogP) is 2.88. The van der Waals surface area contributed by atoms with E-state index in [1.807, 2.05) is 32.0 Å². The number of aliphatic carboxylic acids is 2. The zero-order valence-corrected chi connectivity index (χ0v) is 16.0. The Morgan fingerprint density at radius 3 is 2.35 bits per heavy atom. The molecule has 4 N–H and O–H groups in total. The Bertz CT molecular complexity index is 696. The van der Waals surface area contributed by atoms with Gasteiger partial charge in [-0.25, -0.2) is 0 Å². The van der Waals surface area contributed by atoms with Gasteiger partial charge < -0.3 is 15.9 Å². The number of benzene rings is 1. The molecule has 3 rings (SSSR count). The molecule has 6 unspecified atom stereocenters. The highest BCUT2D eigenvalue weighted by Gasteiger charge is 2.86. The number of hydrogen-bond acceptors (Lipinski definition) is 4. The average Bonchev–Trinajstić information content (AvgIpc) is 3.26. The van der Waals surface area contributed by atoms with Crippen LogP contribution in [-0.2, 0) is 16.0 Å². The highest BCUT2D eigenvalue weighted by atomic mass is 32.2. The van der Waals surface area contributed by atoms with Crippen LogP contribution in [0.5, 0.6) is 0 Å². The summed E-state index contributed by atoms with van der Waals surface area (Å²) in [5.41, 5.74) is 5.46. The summed E-state index contributed by atoms with van der Waals surface area (Å²) in [5.74, 6) is -2.13. The van der Waals surface area contributed by atoms with Gasteiger partial charge in [0.1, 0.15) is 5.54 Å². The Kier molecular flexibility index (Phi) is 5.10. The first-order valence-electron chi connectivity index (χ1n) is 9.26. The van der Waals surface area contributed by atoms with E-state index in [0.717, 1.165) is 12.2 Å². The van der Waals surface area contributed by atoms with Crippen LogP contribution in [0.2, 0.25) is 0 Å². The molecule has 142 valence electrons. The summed E-state index contributed by atoms with van der Waals surface area (Å²) in [4.78, 5) is 24.0. The van der Waals surface area contributed by atoms with E-state index in [2.05, 4.69) is 12.1 Å². The van der Waals surface area contributed by atoms with Gasteiger partial charge in [-0.3, -0.25) is 9.59 Å². The molecule has 5 nitrogen and oxygen atoms in total. The number of hydrogen-bond donors (Lipinski definition) is 3. The van der Waals surface area contributed by atoms with E-state index in [1.54, 1.807) is 11.8 Å². The molecule has 2 aliphatic rings. The maximum atomic E-state index is 12.2. The summed E-state index contributed by atoms with van der Waals surface area (Å²) < 4.78 is 0. The second kappa shape index (κ2) is 6.89. The van der Waals surface area contributed by atoms with Crippen molar-refractivity contribution in [2.45, 2.75) is 43.9 Å². The highest BCUT2D eigenvalue weighted by Crippen LogP contribution is 2.77. The Hall–Kier alpha value is -1.53. The van der Waals surface area contributed by atoms with E-state index < -0.39 is 28.8 Å². The van der Waals surface area contributed by atoms with Gasteiger partial charge in [0.25, 0.3) is 0 Å². The third kappa shape index (κ3) is 2.49. The number of rotatable bonds is 8. The Morgan fingerprint density at radius 1 is 1.19 bits per heavy atom. The fraction of sp³-hybridized carbons (Fsp3) is 0.600. The lowest BCUT2D eigenvalue weighted by atomic mass is 9.71. The van der Waals surface area contributed by atoms with Gasteiger partial charge in [-0.15, -0.1) is 0 Å². The number of aryl methyl sites for hydroxylation is 1. The summed E-state index contributed by atoms with van der Waals surface area (Å²) >= 11 is 1.71. The fourth-order valence-electron chi connectivity index (χ4n) is 5.55. The molecular weight excluding hydrogens is 350 g/mol. The second-order valence-electron chi connectivity index (χ2n) is 7.50. The van der Waals surface area contributed by atoms with Crippen LogP contribution in [0.3, 0.4) is 0 Å². The van der Waals surface area contributed by atoms with Crippen molar-refractivity contribution in [3.63, 3.8) is 0 Å². The van der Waals surface area contributed by atoms with E-state index in [-0.39, 0.29) is 17.1 Å². The first-order chi connectivity index (χ1) is 12.4. The van der Waals surface area contributed by atoms with Crippen molar-refractivity contribution in [2.24, 2.45) is 28.9 Å². The number of carboxylic acids is 2. The molecule has 1 aromatic rings. The molecule has 6 atom stereocenters. The van der Waals surface area contributed by atoms with Crippen LogP contribution in [0, 0.1) is 23.2 Å². The molecule has 0 bridgehead atoms. The summed E-state index contributed by atoms with van der Waals surface area (Å²) in [6.07, 6.45) is 2.02. The molecule has 6 heteroatoms. The molecule has 2 aliphatic carbocycles. The smallest absolute Gasteiger partial charge is 0.324 e. The molecule has 0 saturated heterocycles. The van der Waals surface area contributed by atoms with Crippen LogP contribution in [0.4, 0.5) is 0 Å². The lowest BCUT2D eigenvalue weighted by Gasteiger charge is -2.38. The Morgan fingerprint density at radius 2 is 1.85 bits per heavy atom. The van der Waals surface area contributed by atoms with Crippen LogP contribution >= 0.6 is 11.8 Å². The van der Waals surface area contributed by atoms with Gasteiger partial charge in [0.2, 0.25) is 0 Å². The summed E-state index contributed by atoms with van der Waals surface area (Å²) in [7, 11) is 0. The Balaban J connectivity index is 1.85. The first kappa shape index (κ1) is 19.2. The monoisotopic (exact) mass is 377 g/mol. The molecule has 2 fully saturated rings. The Labute approximate surface area is 158 Å². The largest absolute Gasteiger partial charge is 0.481 e. The molecule has 0 heterocycles. The lowest BCUT2D eigenvalue weighted by Crippen LogP contribution is -2.61. The van der Waals surface area contributed by atoms with E-state index in [1.165, 1.54) is 5.56 Å². The number of carboxylic acid groups (broad SMARTS) is 2.